The average molecular weight is 342 g/mol. The van der Waals surface area contributed by atoms with Gasteiger partial charge in [-0.3, -0.25) is 4.79 Å². The maximum atomic E-state index is 12.4. The average Bonchev–Trinajstić information content (AvgIpc) is 2.72. The molecule has 5 heteroatoms. The highest BCUT2D eigenvalue weighted by Gasteiger charge is 2.40. The predicted octanol–water partition coefficient (Wildman–Crippen LogP) is 4.27. The van der Waals surface area contributed by atoms with E-state index in [1.54, 1.807) is 12.1 Å². The highest BCUT2D eigenvalue weighted by Crippen LogP contribution is 2.36. The van der Waals surface area contributed by atoms with Crippen LogP contribution in [0.2, 0.25) is 10.0 Å². The molecule has 2 unspecified atom stereocenters. The molecular formula is C17H21Cl2NO2. The van der Waals surface area contributed by atoms with Gasteiger partial charge in [-0.05, 0) is 57.4 Å². The van der Waals surface area contributed by atoms with Crippen LogP contribution in [0.5, 0.6) is 0 Å². The van der Waals surface area contributed by atoms with Crippen LogP contribution in [0, 0.1) is 0 Å². The van der Waals surface area contributed by atoms with Crippen molar-refractivity contribution in [2.45, 2.75) is 56.7 Å². The van der Waals surface area contributed by atoms with E-state index in [0.717, 1.165) is 18.4 Å². The van der Waals surface area contributed by atoms with Gasteiger partial charge in [-0.2, -0.15) is 0 Å². The summed E-state index contributed by atoms with van der Waals surface area (Å²) in [4.78, 5) is 14.8. The molecule has 0 radical (unpaired) electrons. The number of rotatable bonds is 3. The molecule has 2 saturated heterocycles. The molecule has 2 fully saturated rings. The number of benzene rings is 1. The van der Waals surface area contributed by atoms with Crippen molar-refractivity contribution >= 4 is 29.2 Å². The highest BCUT2D eigenvalue weighted by molar-refractivity contribution is 6.42. The van der Waals surface area contributed by atoms with E-state index in [-0.39, 0.29) is 18.0 Å². The molecule has 2 heterocycles. The number of fused-ring (bicyclic) bond motifs is 2. The third kappa shape index (κ3) is 3.12. The molecule has 3 nitrogen and oxygen atoms in total. The van der Waals surface area contributed by atoms with Gasteiger partial charge in [-0.25, -0.2) is 0 Å². The number of carbonyl (C=O) groups is 1. The first kappa shape index (κ1) is 16.1. The topological polar surface area (TPSA) is 29.5 Å². The first-order chi connectivity index (χ1) is 10.5. The van der Waals surface area contributed by atoms with Crippen molar-refractivity contribution in [1.82, 2.24) is 4.90 Å². The van der Waals surface area contributed by atoms with Crippen LogP contribution in [0.3, 0.4) is 0 Å². The molecule has 0 saturated carbocycles. The van der Waals surface area contributed by atoms with Crippen LogP contribution >= 0.6 is 23.2 Å². The Balaban J connectivity index is 1.63. The van der Waals surface area contributed by atoms with E-state index in [0.29, 0.717) is 22.1 Å². The summed E-state index contributed by atoms with van der Waals surface area (Å²) in [5.74, 6) is -0.501. The molecule has 0 aliphatic carbocycles. The number of hydrogen-bond acceptors (Lipinski definition) is 3. The Kier molecular flexibility index (Phi) is 4.67. The van der Waals surface area contributed by atoms with Gasteiger partial charge in [0, 0.05) is 12.1 Å². The zero-order chi connectivity index (χ0) is 15.9. The van der Waals surface area contributed by atoms with Crippen LogP contribution in [0.1, 0.15) is 44.1 Å². The smallest absolute Gasteiger partial charge is 0.313 e. The Labute approximate surface area is 141 Å². The second-order valence-electron chi connectivity index (χ2n) is 6.48. The number of hydrogen-bond donors (Lipinski definition) is 0. The standard InChI is InChI=1S/C17H21Cl2NO2/c1-10(11-3-6-15(18)16(19)7-11)17(21)22-14-8-12-4-5-13(9-14)20(12)2/h3,6-7,10,12-14H,4-5,8-9H2,1-2H3/t10?,12-,13+,14?. The number of carbonyl (C=O) groups excluding carboxylic acids is 1. The van der Waals surface area contributed by atoms with Gasteiger partial charge in [0.05, 0.1) is 16.0 Å². The second kappa shape index (κ2) is 6.38. The maximum Gasteiger partial charge on any atom is 0.313 e. The highest BCUT2D eigenvalue weighted by atomic mass is 35.5. The Bertz CT molecular complexity index is 564. The molecule has 120 valence electrons. The molecule has 1 aromatic carbocycles. The molecular weight excluding hydrogens is 321 g/mol. The molecule has 2 bridgehead atoms. The minimum absolute atomic E-state index is 0.0476. The van der Waals surface area contributed by atoms with Gasteiger partial charge >= 0.3 is 5.97 Å². The Morgan fingerprint density at radius 1 is 1.23 bits per heavy atom. The largest absolute Gasteiger partial charge is 0.462 e. The van der Waals surface area contributed by atoms with E-state index in [1.165, 1.54) is 12.8 Å². The predicted molar refractivity (Wildman–Crippen MR) is 88.6 cm³/mol. The summed E-state index contributed by atoms with van der Waals surface area (Å²) in [7, 11) is 2.18. The summed E-state index contributed by atoms with van der Waals surface area (Å²) in [5.41, 5.74) is 0.843. The van der Waals surface area contributed by atoms with Gasteiger partial charge in [-0.1, -0.05) is 29.3 Å². The summed E-state index contributed by atoms with van der Waals surface area (Å²) in [6, 6.07) is 6.43. The summed E-state index contributed by atoms with van der Waals surface area (Å²) < 4.78 is 5.77. The van der Waals surface area contributed by atoms with Crippen molar-refractivity contribution in [2.75, 3.05) is 7.05 Å². The van der Waals surface area contributed by atoms with Crippen LogP contribution in [0.4, 0.5) is 0 Å². The van der Waals surface area contributed by atoms with Gasteiger partial charge in [0.1, 0.15) is 6.10 Å². The monoisotopic (exact) mass is 341 g/mol. The lowest BCUT2D eigenvalue weighted by molar-refractivity contribution is -0.153. The number of piperidine rings is 1. The van der Waals surface area contributed by atoms with E-state index in [1.807, 2.05) is 13.0 Å². The molecule has 22 heavy (non-hydrogen) atoms. The van der Waals surface area contributed by atoms with Gasteiger partial charge < -0.3 is 9.64 Å². The first-order valence-corrected chi connectivity index (χ1v) is 8.58. The lowest BCUT2D eigenvalue weighted by atomic mass is 9.99. The van der Waals surface area contributed by atoms with Gasteiger partial charge in [-0.15, -0.1) is 0 Å². The van der Waals surface area contributed by atoms with Crippen molar-refractivity contribution in [1.29, 1.82) is 0 Å². The van der Waals surface area contributed by atoms with Gasteiger partial charge in [0.2, 0.25) is 0 Å². The van der Waals surface area contributed by atoms with Crippen LogP contribution in [-0.4, -0.2) is 36.1 Å². The number of ether oxygens (including phenoxy) is 1. The molecule has 4 atom stereocenters. The molecule has 0 N–H and O–H groups in total. The lowest BCUT2D eigenvalue weighted by Crippen LogP contribution is -2.43. The van der Waals surface area contributed by atoms with Crippen LogP contribution < -0.4 is 0 Å². The lowest BCUT2D eigenvalue weighted by Gasteiger charge is -2.36. The Morgan fingerprint density at radius 3 is 2.45 bits per heavy atom. The zero-order valence-electron chi connectivity index (χ0n) is 12.9. The third-order valence-corrected chi connectivity index (χ3v) is 5.87. The normalized spacial score (nSPS) is 29.4. The Hall–Kier alpha value is -0.770. The van der Waals surface area contributed by atoms with Crippen molar-refractivity contribution in [3.8, 4) is 0 Å². The molecule has 0 aromatic heterocycles. The summed E-state index contributed by atoms with van der Waals surface area (Å²) in [6.45, 7) is 1.85. The zero-order valence-corrected chi connectivity index (χ0v) is 14.4. The fourth-order valence-corrected chi connectivity index (χ4v) is 3.95. The van der Waals surface area contributed by atoms with E-state index in [9.17, 15) is 4.79 Å². The molecule has 2 aliphatic heterocycles. The number of esters is 1. The molecule has 2 aliphatic rings. The van der Waals surface area contributed by atoms with Crippen molar-refractivity contribution < 1.29 is 9.53 Å². The van der Waals surface area contributed by atoms with Crippen molar-refractivity contribution in [2.24, 2.45) is 0 Å². The van der Waals surface area contributed by atoms with Crippen molar-refractivity contribution in [3.05, 3.63) is 33.8 Å². The summed E-state index contributed by atoms with van der Waals surface area (Å²) in [6.07, 6.45) is 4.39. The Morgan fingerprint density at radius 2 is 1.86 bits per heavy atom. The van der Waals surface area contributed by atoms with E-state index in [4.69, 9.17) is 27.9 Å². The van der Waals surface area contributed by atoms with Crippen LogP contribution in [0.15, 0.2) is 18.2 Å². The number of halogens is 2. The van der Waals surface area contributed by atoms with E-state index < -0.39 is 0 Å². The van der Waals surface area contributed by atoms with E-state index >= 15 is 0 Å². The first-order valence-electron chi connectivity index (χ1n) is 7.83. The van der Waals surface area contributed by atoms with Crippen LogP contribution in [-0.2, 0) is 9.53 Å². The third-order valence-electron chi connectivity index (χ3n) is 5.14. The molecule has 0 spiro atoms. The second-order valence-corrected chi connectivity index (χ2v) is 7.29. The number of nitrogens with zero attached hydrogens (tertiary/aromatic N) is 1. The minimum Gasteiger partial charge on any atom is -0.462 e. The summed E-state index contributed by atoms with van der Waals surface area (Å²) in [5, 5.41) is 0.967. The van der Waals surface area contributed by atoms with Gasteiger partial charge in [0.25, 0.3) is 0 Å². The van der Waals surface area contributed by atoms with Crippen LogP contribution in [0.25, 0.3) is 0 Å². The minimum atomic E-state index is -0.327. The maximum absolute atomic E-state index is 12.4. The van der Waals surface area contributed by atoms with E-state index in [2.05, 4.69) is 11.9 Å². The molecule has 3 rings (SSSR count). The fourth-order valence-electron chi connectivity index (χ4n) is 3.64. The van der Waals surface area contributed by atoms with Crippen molar-refractivity contribution in [3.63, 3.8) is 0 Å². The van der Waals surface area contributed by atoms with Gasteiger partial charge in [0.15, 0.2) is 0 Å². The molecule has 0 amide bonds. The summed E-state index contributed by atoms with van der Waals surface area (Å²) >= 11 is 11.9. The fraction of sp³-hybridized carbons (Fsp3) is 0.588. The molecule has 1 aromatic rings. The SMILES string of the molecule is CC(C(=O)OC1C[C@H]2CC[C@@H](C1)N2C)c1ccc(Cl)c(Cl)c1. The quantitative estimate of drug-likeness (QED) is 0.769.